The lowest BCUT2D eigenvalue weighted by Crippen LogP contribution is -2.15. The minimum atomic E-state index is -0.0557. The highest BCUT2D eigenvalue weighted by atomic mass is 16.3. The van der Waals surface area contributed by atoms with Crippen LogP contribution in [0.1, 0.15) is 25.0 Å². The smallest absolute Gasteiger partial charge is 0.137 e. The summed E-state index contributed by atoms with van der Waals surface area (Å²) in [5, 5.41) is 4.72. The van der Waals surface area contributed by atoms with E-state index in [1.54, 1.807) is 0 Å². The number of para-hydroxylation sites is 4. The predicted molar refractivity (Wildman–Crippen MR) is 251 cm³/mol. The van der Waals surface area contributed by atoms with Gasteiger partial charge in [-0.25, -0.2) is 0 Å². The van der Waals surface area contributed by atoms with Crippen LogP contribution in [0.2, 0.25) is 0 Å². The fourth-order valence-corrected chi connectivity index (χ4v) is 9.91. The largest absolute Gasteiger partial charge is 0.456 e. The number of furan rings is 1. The fourth-order valence-electron chi connectivity index (χ4n) is 9.91. The molecule has 2 aromatic heterocycles. The predicted octanol–water partition coefficient (Wildman–Crippen LogP) is 15.8. The van der Waals surface area contributed by atoms with E-state index in [0.717, 1.165) is 66.9 Å². The van der Waals surface area contributed by atoms with E-state index < -0.39 is 0 Å². The average molecular weight is 769 g/mol. The van der Waals surface area contributed by atoms with Gasteiger partial charge in [0.25, 0.3) is 0 Å². The Hall–Kier alpha value is -7.62. The quantitative estimate of drug-likeness (QED) is 0.168. The van der Waals surface area contributed by atoms with Crippen LogP contribution in [0.5, 0.6) is 0 Å². The summed E-state index contributed by atoms with van der Waals surface area (Å²) in [7, 11) is 0. The topological polar surface area (TPSA) is 21.3 Å². The van der Waals surface area contributed by atoms with E-state index in [-0.39, 0.29) is 5.41 Å². The summed E-state index contributed by atoms with van der Waals surface area (Å²) in [6, 6.07) is 75.0. The maximum Gasteiger partial charge on any atom is 0.137 e. The molecule has 3 heteroatoms. The van der Waals surface area contributed by atoms with E-state index >= 15 is 0 Å². The van der Waals surface area contributed by atoms with Crippen LogP contribution in [0.4, 0.5) is 17.1 Å². The first kappa shape index (κ1) is 34.4. The second-order valence-electron chi connectivity index (χ2n) is 16.5. The van der Waals surface area contributed by atoms with Crippen molar-refractivity contribution in [2.75, 3.05) is 4.90 Å². The molecule has 0 saturated heterocycles. The average Bonchev–Trinajstić information content (AvgIpc) is 3.91. The van der Waals surface area contributed by atoms with Gasteiger partial charge in [-0.3, -0.25) is 0 Å². The summed E-state index contributed by atoms with van der Waals surface area (Å²) in [6.45, 7) is 4.68. The van der Waals surface area contributed by atoms with Crippen LogP contribution < -0.4 is 4.90 Å². The summed E-state index contributed by atoms with van der Waals surface area (Å²) in [5.41, 5.74) is 18.5. The van der Waals surface area contributed by atoms with Crippen molar-refractivity contribution in [2.45, 2.75) is 19.3 Å². The third-order valence-corrected chi connectivity index (χ3v) is 12.8. The maximum absolute atomic E-state index is 6.37. The van der Waals surface area contributed by atoms with Crippen molar-refractivity contribution in [1.29, 1.82) is 0 Å². The second kappa shape index (κ2) is 13.2. The molecule has 12 rings (SSSR count). The van der Waals surface area contributed by atoms with Crippen LogP contribution in [0.3, 0.4) is 0 Å². The number of rotatable bonds is 6. The van der Waals surface area contributed by atoms with Crippen molar-refractivity contribution in [2.24, 2.45) is 0 Å². The van der Waals surface area contributed by atoms with Crippen molar-refractivity contribution in [3.63, 3.8) is 0 Å². The molecule has 0 aliphatic heterocycles. The van der Waals surface area contributed by atoms with E-state index in [9.17, 15) is 0 Å². The second-order valence-corrected chi connectivity index (χ2v) is 16.5. The van der Waals surface area contributed by atoms with Crippen LogP contribution in [0.15, 0.2) is 211 Å². The van der Waals surface area contributed by atoms with Crippen molar-refractivity contribution in [3.05, 3.63) is 217 Å². The molecule has 0 saturated carbocycles. The Morgan fingerprint density at radius 1 is 0.400 bits per heavy atom. The molecule has 60 heavy (non-hydrogen) atoms. The zero-order chi connectivity index (χ0) is 40.0. The Labute approximate surface area is 349 Å². The Morgan fingerprint density at radius 2 is 1.07 bits per heavy atom. The SMILES string of the molecule is CC1(C)c2ccccc2-c2cc(N(c3ccccc3)c3ccccc3-c3cccc(-c4ccc5c6ccccc6n(-c6ccc7c(c6)oc6ccccc67)c5c4)c3)ccc21. The Balaban J connectivity index is 0.990. The molecule has 0 amide bonds. The Morgan fingerprint density at radius 3 is 1.97 bits per heavy atom. The highest BCUT2D eigenvalue weighted by molar-refractivity contribution is 6.11. The summed E-state index contributed by atoms with van der Waals surface area (Å²) in [6.07, 6.45) is 0. The van der Waals surface area contributed by atoms with Crippen molar-refractivity contribution >= 4 is 60.8 Å². The fraction of sp³-hybridized carbons (Fsp3) is 0.0526. The number of fused-ring (bicyclic) bond motifs is 9. The van der Waals surface area contributed by atoms with E-state index in [1.165, 1.54) is 44.1 Å². The highest BCUT2D eigenvalue weighted by Crippen LogP contribution is 2.51. The monoisotopic (exact) mass is 768 g/mol. The zero-order valence-corrected chi connectivity index (χ0v) is 33.4. The molecule has 0 atom stereocenters. The number of benzene rings is 9. The van der Waals surface area contributed by atoms with Gasteiger partial charge in [0.1, 0.15) is 11.2 Å². The lowest BCUT2D eigenvalue weighted by Gasteiger charge is -2.29. The van der Waals surface area contributed by atoms with Crippen LogP contribution in [0, 0.1) is 0 Å². The summed E-state index contributed by atoms with van der Waals surface area (Å²) in [5.74, 6) is 0. The first-order chi connectivity index (χ1) is 29.5. The summed E-state index contributed by atoms with van der Waals surface area (Å²) in [4.78, 5) is 2.42. The van der Waals surface area contributed by atoms with Crippen molar-refractivity contribution in [1.82, 2.24) is 4.57 Å². The van der Waals surface area contributed by atoms with E-state index in [2.05, 4.69) is 217 Å². The van der Waals surface area contributed by atoms with E-state index in [4.69, 9.17) is 4.42 Å². The number of anilines is 3. The zero-order valence-electron chi connectivity index (χ0n) is 33.4. The normalized spacial score (nSPS) is 13.0. The lowest BCUT2D eigenvalue weighted by atomic mass is 9.82. The molecular formula is C57H40N2O. The van der Waals surface area contributed by atoms with E-state index in [1.807, 2.05) is 12.1 Å². The van der Waals surface area contributed by atoms with Crippen molar-refractivity contribution in [3.8, 4) is 39.1 Å². The van der Waals surface area contributed by atoms with Gasteiger partial charge in [-0.1, -0.05) is 147 Å². The molecule has 0 N–H and O–H groups in total. The molecule has 1 aliphatic carbocycles. The molecule has 11 aromatic rings. The number of hydrogen-bond donors (Lipinski definition) is 0. The lowest BCUT2D eigenvalue weighted by molar-refractivity contribution is 0.660. The van der Waals surface area contributed by atoms with Crippen LogP contribution in [-0.4, -0.2) is 4.57 Å². The van der Waals surface area contributed by atoms with Gasteiger partial charge < -0.3 is 13.9 Å². The van der Waals surface area contributed by atoms with Crippen molar-refractivity contribution < 1.29 is 4.42 Å². The van der Waals surface area contributed by atoms with Gasteiger partial charge >= 0.3 is 0 Å². The maximum atomic E-state index is 6.37. The van der Waals surface area contributed by atoms with Gasteiger partial charge in [-0.2, -0.15) is 0 Å². The molecule has 284 valence electrons. The first-order valence-corrected chi connectivity index (χ1v) is 20.8. The van der Waals surface area contributed by atoms with E-state index in [0.29, 0.717) is 0 Å². The number of aromatic nitrogens is 1. The van der Waals surface area contributed by atoms with Gasteiger partial charge in [0.15, 0.2) is 0 Å². The molecule has 0 bridgehead atoms. The highest BCUT2D eigenvalue weighted by Gasteiger charge is 2.35. The molecule has 0 unspecified atom stereocenters. The molecule has 0 radical (unpaired) electrons. The Bertz CT molecular complexity index is 3480. The molecule has 2 heterocycles. The molecule has 0 fully saturated rings. The first-order valence-electron chi connectivity index (χ1n) is 20.8. The van der Waals surface area contributed by atoms with Gasteiger partial charge in [0.2, 0.25) is 0 Å². The summed E-state index contributed by atoms with van der Waals surface area (Å²) < 4.78 is 8.75. The molecule has 0 spiro atoms. The van der Waals surface area contributed by atoms with Crippen LogP contribution in [0.25, 0.3) is 82.8 Å². The van der Waals surface area contributed by atoms with Gasteiger partial charge in [0, 0.05) is 55.7 Å². The van der Waals surface area contributed by atoms with Crippen LogP contribution >= 0.6 is 0 Å². The van der Waals surface area contributed by atoms with Gasteiger partial charge in [-0.05, 0) is 106 Å². The van der Waals surface area contributed by atoms with Crippen LogP contribution in [-0.2, 0) is 5.41 Å². The molecular weight excluding hydrogens is 729 g/mol. The van der Waals surface area contributed by atoms with Gasteiger partial charge in [-0.15, -0.1) is 0 Å². The standard InChI is InChI=1S/C57H40N2O/c1-57(2)50-23-10-6-20-44(50)49-35-41(29-32-51(49)57)58(40-17-4-3-5-18-40)52-24-11-7-19-43(52)39-16-14-15-37(33-39)38-27-30-46-45-21-8-12-25-53(45)59(54(46)34-38)42-28-31-48-47-22-9-13-26-55(47)60-56(48)36-42/h3-36H,1-2H3. The minimum absolute atomic E-state index is 0.0557. The Kier molecular flexibility index (Phi) is 7.58. The minimum Gasteiger partial charge on any atom is -0.456 e. The number of nitrogens with zero attached hydrogens (tertiary/aromatic N) is 2. The van der Waals surface area contributed by atoms with Gasteiger partial charge in [0.05, 0.1) is 16.7 Å². The number of hydrogen-bond acceptors (Lipinski definition) is 2. The third kappa shape index (κ3) is 5.22. The molecule has 9 aromatic carbocycles. The summed E-state index contributed by atoms with van der Waals surface area (Å²) >= 11 is 0. The third-order valence-electron chi connectivity index (χ3n) is 12.8. The molecule has 3 nitrogen and oxygen atoms in total. The molecule has 1 aliphatic rings.